The van der Waals surface area contributed by atoms with Gasteiger partial charge in [-0.25, -0.2) is 4.98 Å². The number of carbonyl (C=O) groups is 3. The number of nitrogens with zero attached hydrogens (tertiary/aromatic N) is 5. The average molecular weight is 766 g/mol. The molecule has 0 radical (unpaired) electrons. The Morgan fingerprint density at radius 2 is 1.62 bits per heavy atom. The predicted octanol–water partition coefficient (Wildman–Crippen LogP) is 6.05. The highest BCUT2D eigenvalue weighted by atomic mass is 35.5. The van der Waals surface area contributed by atoms with E-state index in [1.165, 1.54) is 18.7 Å². The minimum atomic E-state index is -0.366. The number of halogens is 1. The first-order valence-corrected chi connectivity index (χ1v) is 19.3. The molecule has 1 unspecified atom stereocenters. The Labute approximate surface area is 326 Å². The number of para-hydroxylation sites is 1. The lowest BCUT2D eigenvalue weighted by atomic mass is 9.89. The highest BCUT2D eigenvalue weighted by Crippen LogP contribution is 2.34. The molecule has 13 nitrogen and oxygen atoms in total. The number of ether oxygens (including phenoxy) is 1. The largest absolute Gasteiger partial charge is 0.494 e. The fourth-order valence-corrected chi connectivity index (χ4v) is 7.67. The normalized spacial score (nSPS) is 18.5. The van der Waals surface area contributed by atoms with Crippen LogP contribution in [0.5, 0.6) is 5.75 Å². The van der Waals surface area contributed by atoms with E-state index >= 15 is 0 Å². The molecule has 1 aromatic heterocycles. The van der Waals surface area contributed by atoms with Crippen LogP contribution in [0.15, 0.2) is 72.9 Å². The van der Waals surface area contributed by atoms with Gasteiger partial charge in [-0.15, -0.1) is 0 Å². The Hall–Kier alpha value is -5.24. The van der Waals surface area contributed by atoms with Crippen LogP contribution in [-0.4, -0.2) is 103 Å². The lowest BCUT2D eigenvalue weighted by molar-refractivity contribution is -0.133. The van der Waals surface area contributed by atoms with Crippen LogP contribution in [0.2, 0.25) is 5.02 Å². The summed E-state index contributed by atoms with van der Waals surface area (Å²) in [7, 11) is 1.65. The van der Waals surface area contributed by atoms with Gasteiger partial charge in [-0.05, 0) is 87.2 Å². The van der Waals surface area contributed by atoms with E-state index in [2.05, 4.69) is 76.3 Å². The van der Waals surface area contributed by atoms with Crippen molar-refractivity contribution in [1.82, 2.24) is 25.1 Å². The number of piperidine rings is 2. The summed E-state index contributed by atoms with van der Waals surface area (Å²) < 4.78 is 5.78. The van der Waals surface area contributed by atoms with Crippen molar-refractivity contribution in [2.45, 2.75) is 44.6 Å². The number of hydrogen-bond acceptors (Lipinski definition) is 12. The van der Waals surface area contributed by atoms with E-state index in [1.54, 1.807) is 13.2 Å². The van der Waals surface area contributed by atoms with Crippen molar-refractivity contribution in [3.05, 3.63) is 89.1 Å². The Balaban J connectivity index is 0.857. The Morgan fingerprint density at radius 3 is 2.33 bits per heavy atom. The van der Waals surface area contributed by atoms with E-state index in [9.17, 15) is 14.4 Å². The van der Waals surface area contributed by atoms with Crippen molar-refractivity contribution < 1.29 is 19.1 Å². The van der Waals surface area contributed by atoms with Gasteiger partial charge in [-0.1, -0.05) is 35.9 Å². The third-order valence-corrected chi connectivity index (χ3v) is 11.0. The number of ketones is 1. The second kappa shape index (κ2) is 17.5. The molecule has 4 aromatic rings. The quantitative estimate of drug-likeness (QED) is 0.0930. The number of methoxy groups -OCH3 is 1. The highest BCUT2D eigenvalue weighted by Gasteiger charge is 2.27. The summed E-state index contributed by atoms with van der Waals surface area (Å²) in [4.78, 5) is 52.1. The van der Waals surface area contributed by atoms with Crippen LogP contribution in [0.4, 0.5) is 34.5 Å². The summed E-state index contributed by atoms with van der Waals surface area (Å²) in [6.07, 6.45) is 4.68. The molecule has 14 heteroatoms. The molecule has 0 bridgehead atoms. The van der Waals surface area contributed by atoms with Gasteiger partial charge in [0.25, 0.3) is 0 Å². The first-order valence-electron chi connectivity index (χ1n) is 19.0. The van der Waals surface area contributed by atoms with Gasteiger partial charge in [0.1, 0.15) is 16.8 Å². The van der Waals surface area contributed by atoms with Crippen molar-refractivity contribution >= 4 is 63.7 Å². The van der Waals surface area contributed by atoms with Crippen LogP contribution >= 0.6 is 11.6 Å². The molecule has 3 aromatic carbocycles. The maximum absolute atomic E-state index is 12.1. The number of rotatable bonds is 13. The first-order chi connectivity index (χ1) is 26.7. The second-order valence-corrected chi connectivity index (χ2v) is 14.7. The number of aromatic nitrogens is 2. The van der Waals surface area contributed by atoms with Crippen molar-refractivity contribution in [2.75, 3.05) is 80.3 Å². The number of nitrogens with one attached hydrogen (secondary N) is 4. The molecule has 0 saturated carbocycles. The summed E-state index contributed by atoms with van der Waals surface area (Å²) in [5.41, 5.74) is 5.25. The fourth-order valence-electron chi connectivity index (χ4n) is 7.53. The number of Topliss-reactive ketones (excluding diaryl/α,β-unsaturated/α-hetero) is 1. The number of benzene rings is 3. The van der Waals surface area contributed by atoms with E-state index < -0.39 is 0 Å². The zero-order chi connectivity index (χ0) is 38.3. The number of anilines is 6. The van der Waals surface area contributed by atoms with Crippen LogP contribution in [0.25, 0.3) is 0 Å². The maximum atomic E-state index is 12.1. The summed E-state index contributed by atoms with van der Waals surface area (Å²) in [6.45, 7) is 9.70. The molecule has 3 aliphatic rings. The number of hydrogen-bond donors (Lipinski definition) is 4. The average Bonchev–Trinajstić information content (AvgIpc) is 3.20. The summed E-state index contributed by atoms with van der Waals surface area (Å²) in [5, 5.41) is 12.4. The van der Waals surface area contributed by atoms with Crippen molar-refractivity contribution in [3.63, 3.8) is 0 Å². The van der Waals surface area contributed by atoms with Gasteiger partial charge < -0.3 is 30.5 Å². The van der Waals surface area contributed by atoms with Crippen LogP contribution in [-0.2, 0) is 9.59 Å². The van der Waals surface area contributed by atoms with E-state index in [0.717, 1.165) is 82.3 Å². The lowest BCUT2D eigenvalue weighted by Crippen LogP contribution is -2.49. The third-order valence-electron chi connectivity index (χ3n) is 10.8. The highest BCUT2D eigenvalue weighted by molar-refractivity contribution is 6.33. The topological polar surface area (TPSA) is 144 Å². The smallest absolute Gasteiger partial charge is 0.249 e. The number of amides is 2. The number of imide groups is 1. The van der Waals surface area contributed by atoms with Gasteiger partial charge in [-0.2, -0.15) is 4.98 Å². The molecule has 55 heavy (non-hydrogen) atoms. The molecule has 3 aliphatic heterocycles. The molecule has 2 amide bonds. The summed E-state index contributed by atoms with van der Waals surface area (Å²) >= 11 is 6.42. The minimum Gasteiger partial charge on any atom is -0.494 e. The number of piperazine rings is 1. The molecule has 7 rings (SSSR count). The van der Waals surface area contributed by atoms with Gasteiger partial charge in [-0.3, -0.25) is 24.6 Å². The molecule has 0 spiro atoms. The van der Waals surface area contributed by atoms with Crippen molar-refractivity contribution in [2.24, 2.45) is 0 Å². The Bertz CT molecular complexity index is 2000. The minimum absolute atomic E-state index is 0.0603. The number of carbonyl (C=O) groups excluding carboxylic acids is 3. The Kier molecular flexibility index (Phi) is 12.1. The summed E-state index contributed by atoms with van der Waals surface area (Å²) in [5.74, 6) is 1.43. The van der Waals surface area contributed by atoms with Crippen LogP contribution in [0, 0.1) is 0 Å². The molecule has 0 aliphatic carbocycles. The third kappa shape index (κ3) is 9.53. The molecule has 1 atom stereocenters. The van der Waals surface area contributed by atoms with Gasteiger partial charge in [0.15, 0.2) is 11.6 Å². The van der Waals surface area contributed by atoms with Gasteiger partial charge in [0.2, 0.25) is 17.8 Å². The summed E-state index contributed by atoms with van der Waals surface area (Å²) in [6, 6.07) is 21.4. The zero-order valence-corrected chi connectivity index (χ0v) is 32.1. The molecular weight excluding hydrogens is 718 g/mol. The number of likely N-dealkylation sites (tertiary alicyclic amines) is 1. The van der Waals surface area contributed by atoms with Crippen LogP contribution < -0.4 is 30.9 Å². The zero-order valence-electron chi connectivity index (χ0n) is 31.3. The molecule has 3 saturated heterocycles. The first kappa shape index (κ1) is 38.1. The molecule has 4 heterocycles. The van der Waals surface area contributed by atoms with E-state index in [1.807, 2.05) is 30.3 Å². The SMILES string of the molecule is COc1cc(N2CCN(CCN3CCC(c4ccc(NC5CCC(=O)NC5=O)cc4)CC3)CC2)ccc1Nc1ncc(Cl)c(Nc2ccccc2C(C)=O)n1. The van der Waals surface area contributed by atoms with Gasteiger partial charge in [0.05, 0.1) is 24.7 Å². The monoisotopic (exact) mass is 765 g/mol. The van der Waals surface area contributed by atoms with Crippen LogP contribution in [0.3, 0.4) is 0 Å². The fraction of sp³-hybridized carbons (Fsp3) is 0.390. The van der Waals surface area contributed by atoms with Crippen molar-refractivity contribution in [3.8, 4) is 5.75 Å². The maximum Gasteiger partial charge on any atom is 0.249 e. The van der Waals surface area contributed by atoms with E-state index in [0.29, 0.717) is 52.5 Å². The Morgan fingerprint density at radius 1 is 0.891 bits per heavy atom. The molecular formula is C41H48ClN9O4. The molecule has 288 valence electrons. The standard InChI is InChI=1S/C41H48ClN9O4/c1-27(52)32-5-3-4-6-34(32)45-39-33(42)26-43-41(48-39)46-35-12-11-31(25-37(35)55-2)51-23-21-50(22-24-51)20-19-49-17-15-29(16-18-49)28-7-9-30(10-8-28)44-36-13-14-38(53)47-40(36)54/h3-12,25-26,29,36,44H,13-24H2,1-2H3,(H,47,53,54)(H2,43,45,46,48). The predicted molar refractivity (Wildman–Crippen MR) is 216 cm³/mol. The van der Waals surface area contributed by atoms with Gasteiger partial charge >= 0.3 is 0 Å². The van der Waals surface area contributed by atoms with Gasteiger partial charge in [0, 0.05) is 68.7 Å². The van der Waals surface area contributed by atoms with Crippen molar-refractivity contribution in [1.29, 1.82) is 0 Å². The molecule has 3 fully saturated rings. The van der Waals surface area contributed by atoms with Crippen LogP contribution in [0.1, 0.15) is 54.4 Å². The van der Waals surface area contributed by atoms with E-state index in [-0.39, 0.29) is 23.6 Å². The molecule has 4 N–H and O–H groups in total. The van der Waals surface area contributed by atoms with E-state index in [4.69, 9.17) is 16.3 Å². The lowest BCUT2D eigenvalue weighted by Gasteiger charge is -2.38. The second-order valence-electron chi connectivity index (χ2n) is 14.3.